The molecule has 0 aliphatic carbocycles. The summed E-state index contributed by atoms with van der Waals surface area (Å²) in [7, 11) is 4.71. The van der Waals surface area contributed by atoms with Gasteiger partial charge in [-0.25, -0.2) is 0 Å². The summed E-state index contributed by atoms with van der Waals surface area (Å²) in [6.45, 7) is 0.311. The number of carbonyl (C=O) groups excluding carboxylic acids is 2. The van der Waals surface area contributed by atoms with Gasteiger partial charge in [-0.05, 0) is 24.1 Å². The van der Waals surface area contributed by atoms with Crippen LogP contribution in [0.4, 0.5) is 0 Å². The fourth-order valence-electron chi connectivity index (χ4n) is 2.70. The lowest BCUT2D eigenvalue weighted by molar-refractivity contribution is -0.142. The number of amides is 2. The topological polar surface area (TPSA) is 65.1 Å². The van der Waals surface area contributed by atoms with Gasteiger partial charge < -0.3 is 14.2 Å². The number of imide groups is 1. The van der Waals surface area contributed by atoms with E-state index < -0.39 is 0 Å². The molecule has 1 fully saturated rings. The first kappa shape index (κ1) is 16.3. The van der Waals surface area contributed by atoms with Gasteiger partial charge in [-0.1, -0.05) is 6.07 Å². The van der Waals surface area contributed by atoms with E-state index in [4.69, 9.17) is 14.2 Å². The Kier molecular flexibility index (Phi) is 5.38. The maximum atomic E-state index is 11.9. The van der Waals surface area contributed by atoms with E-state index in [0.29, 0.717) is 24.5 Å². The molecule has 0 unspecified atom stereocenters. The van der Waals surface area contributed by atoms with E-state index in [0.717, 1.165) is 5.56 Å². The molecule has 1 aromatic carbocycles. The number of methoxy groups -OCH3 is 3. The second-order valence-corrected chi connectivity index (χ2v) is 5.16. The van der Waals surface area contributed by atoms with E-state index in [1.54, 1.807) is 21.3 Å². The quantitative estimate of drug-likeness (QED) is 0.713. The summed E-state index contributed by atoms with van der Waals surface area (Å²) in [6, 6.07) is 5.26. The van der Waals surface area contributed by atoms with Crippen LogP contribution in [0.2, 0.25) is 0 Å². The minimum absolute atomic E-state index is 0.132. The highest BCUT2D eigenvalue weighted by molar-refractivity contribution is 6.02. The highest BCUT2D eigenvalue weighted by Gasteiger charge is 2.35. The van der Waals surface area contributed by atoms with Crippen molar-refractivity contribution >= 4 is 11.8 Å². The van der Waals surface area contributed by atoms with Gasteiger partial charge in [-0.3, -0.25) is 14.5 Å². The van der Waals surface area contributed by atoms with Gasteiger partial charge >= 0.3 is 0 Å². The van der Waals surface area contributed by atoms with E-state index >= 15 is 0 Å². The lowest BCUT2D eigenvalue weighted by Crippen LogP contribution is -2.43. The van der Waals surface area contributed by atoms with E-state index in [-0.39, 0.29) is 30.7 Å². The molecule has 6 heteroatoms. The lowest BCUT2D eigenvalue weighted by Gasteiger charge is -2.26. The molecule has 0 bridgehead atoms. The molecule has 120 valence electrons. The predicted molar refractivity (Wildman–Crippen MR) is 80.0 cm³/mol. The second kappa shape index (κ2) is 7.26. The first-order valence-electron chi connectivity index (χ1n) is 7.15. The summed E-state index contributed by atoms with van der Waals surface area (Å²) >= 11 is 0. The summed E-state index contributed by atoms with van der Waals surface area (Å²) in [4.78, 5) is 25.2. The third-order valence-corrected chi connectivity index (χ3v) is 3.73. The number of likely N-dealkylation sites (tertiary alicyclic amines) is 1. The minimum Gasteiger partial charge on any atom is -0.493 e. The Morgan fingerprint density at radius 3 is 2.23 bits per heavy atom. The Bertz CT molecular complexity index is 541. The fourth-order valence-corrected chi connectivity index (χ4v) is 2.70. The second-order valence-electron chi connectivity index (χ2n) is 5.16. The van der Waals surface area contributed by atoms with Crippen molar-refractivity contribution in [1.29, 1.82) is 0 Å². The van der Waals surface area contributed by atoms with Gasteiger partial charge in [0.1, 0.15) is 0 Å². The van der Waals surface area contributed by atoms with Crippen molar-refractivity contribution in [3.63, 3.8) is 0 Å². The van der Waals surface area contributed by atoms with Crippen molar-refractivity contribution in [2.45, 2.75) is 25.3 Å². The number of carbonyl (C=O) groups is 2. The predicted octanol–water partition coefficient (Wildman–Crippen LogP) is 1.41. The smallest absolute Gasteiger partial charge is 0.230 e. The molecule has 1 saturated heterocycles. The SMILES string of the molecule is COC[C@H](Cc1ccc(OC)c(OC)c1)N1C(=O)CCC1=O. The highest BCUT2D eigenvalue weighted by atomic mass is 16.5. The zero-order valence-electron chi connectivity index (χ0n) is 13.1. The first-order chi connectivity index (χ1) is 10.6. The monoisotopic (exact) mass is 307 g/mol. The first-order valence-corrected chi connectivity index (χ1v) is 7.15. The molecular weight excluding hydrogens is 286 g/mol. The molecule has 1 atom stereocenters. The van der Waals surface area contributed by atoms with E-state index in [9.17, 15) is 9.59 Å². The largest absolute Gasteiger partial charge is 0.493 e. The Labute approximate surface area is 129 Å². The summed E-state index contributed by atoms with van der Waals surface area (Å²) < 4.78 is 15.7. The van der Waals surface area contributed by atoms with Crippen LogP contribution < -0.4 is 9.47 Å². The summed E-state index contributed by atoms with van der Waals surface area (Å²) in [5, 5.41) is 0. The van der Waals surface area contributed by atoms with Crippen molar-refractivity contribution < 1.29 is 23.8 Å². The molecule has 0 spiro atoms. The van der Waals surface area contributed by atoms with Gasteiger partial charge in [0, 0.05) is 20.0 Å². The number of hydrogen-bond donors (Lipinski definition) is 0. The van der Waals surface area contributed by atoms with E-state index in [2.05, 4.69) is 0 Å². The van der Waals surface area contributed by atoms with Gasteiger partial charge in [-0.2, -0.15) is 0 Å². The minimum atomic E-state index is -0.300. The van der Waals surface area contributed by atoms with Crippen LogP contribution in [0.25, 0.3) is 0 Å². The molecule has 0 radical (unpaired) electrons. The molecule has 2 rings (SSSR count). The molecule has 1 aromatic rings. The molecule has 0 aromatic heterocycles. The van der Waals surface area contributed by atoms with Crippen LogP contribution in [-0.4, -0.2) is 50.7 Å². The van der Waals surface area contributed by atoms with Crippen LogP contribution in [0.15, 0.2) is 18.2 Å². The van der Waals surface area contributed by atoms with Crippen LogP contribution in [0.3, 0.4) is 0 Å². The molecule has 22 heavy (non-hydrogen) atoms. The van der Waals surface area contributed by atoms with Crippen LogP contribution in [0.1, 0.15) is 18.4 Å². The normalized spacial score (nSPS) is 16.0. The van der Waals surface area contributed by atoms with E-state index in [1.807, 2.05) is 18.2 Å². The van der Waals surface area contributed by atoms with Gasteiger partial charge in [0.2, 0.25) is 11.8 Å². The summed E-state index contributed by atoms with van der Waals surface area (Å²) in [5.74, 6) is 0.998. The zero-order chi connectivity index (χ0) is 16.1. The Morgan fingerprint density at radius 2 is 1.68 bits per heavy atom. The summed E-state index contributed by atoms with van der Waals surface area (Å²) in [6.07, 6.45) is 1.08. The maximum Gasteiger partial charge on any atom is 0.230 e. The standard InChI is InChI=1S/C16H21NO5/c1-20-10-12(17-15(18)6-7-16(17)19)8-11-4-5-13(21-2)14(9-11)22-3/h4-5,9,12H,6-8,10H2,1-3H3/t12-/m0/s1. The van der Waals surface area contributed by atoms with Gasteiger partial charge in [0.05, 0.1) is 26.9 Å². The Morgan fingerprint density at radius 1 is 1.05 bits per heavy atom. The molecule has 1 aliphatic heterocycles. The van der Waals surface area contributed by atoms with Crippen LogP contribution in [-0.2, 0) is 20.7 Å². The van der Waals surface area contributed by atoms with Crippen LogP contribution >= 0.6 is 0 Å². The van der Waals surface area contributed by atoms with Gasteiger partial charge in [0.15, 0.2) is 11.5 Å². The third-order valence-electron chi connectivity index (χ3n) is 3.73. The molecule has 1 heterocycles. The highest BCUT2D eigenvalue weighted by Crippen LogP contribution is 2.29. The molecular formula is C16H21NO5. The Balaban J connectivity index is 2.21. The molecule has 1 aliphatic rings. The van der Waals surface area contributed by atoms with Crippen LogP contribution in [0.5, 0.6) is 11.5 Å². The van der Waals surface area contributed by atoms with Crippen molar-refractivity contribution in [2.75, 3.05) is 27.9 Å². The fraction of sp³-hybridized carbons (Fsp3) is 0.500. The maximum absolute atomic E-state index is 11.9. The van der Waals surface area contributed by atoms with Crippen molar-refractivity contribution in [1.82, 2.24) is 4.90 Å². The Hall–Kier alpha value is -2.08. The number of rotatable bonds is 7. The van der Waals surface area contributed by atoms with Gasteiger partial charge in [-0.15, -0.1) is 0 Å². The number of hydrogen-bond acceptors (Lipinski definition) is 5. The lowest BCUT2D eigenvalue weighted by atomic mass is 10.0. The summed E-state index contributed by atoms with van der Waals surface area (Å²) in [5.41, 5.74) is 0.951. The van der Waals surface area contributed by atoms with Crippen molar-refractivity contribution in [2.24, 2.45) is 0 Å². The average Bonchev–Trinajstić information content (AvgIpc) is 2.85. The number of ether oxygens (including phenoxy) is 3. The van der Waals surface area contributed by atoms with E-state index in [1.165, 1.54) is 4.90 Å². The molecule has 0 N–H and O–H groups in total. The molecule has 6 nitrogen and oxygen atoms in total. The third kappa shape index (κ3) is 3.39. The van der Waals surface area contributed by atoms with Gasteiger partial charge in [0.25, 0.3) is 0 Å². The van der Waals surface area contributed by atoms with Crippen molar-refractivity contribution in [3.05, 3.63) is 23.8 Å². The average molecular weight is 307 g/mol. The zero-order valence-corrected chi connectivity index (χ0v) is 13.1. The number of benzene rings is 1. The molecule has 0 saturated carbocycles. The molecule has 2 amide bonds. The van der Waals surface area contributed by atoms with Crippen LogP contribution in [0, 0.1) is 0 Å². The number of nitrogens with zero attached hydrogens (tertiary/aromatic N) is 1. The van der Waals surface area contributed by atoms with Crippen molar-refractivity contribution in [3.8, 4) is 11.5 Å².